The van der Waals surface area contributed by atoms with Crippen molar-refractivity contribution in [2.45, 2.75) is 20.4 Å². The van der Waals surface area contributed by atoms with Crippen molar-refractivity contribution in [3.05, 3.63) is 24.0 Å². The molecular weight excluding hydrogens is 261 g/mol. The number of halogens is 1. The molecule has 0 aliphatic carbocycles. The van der Waals surface area contributed by atoms with Crippen LogP contribution in [0.2, 0.25) is 0 Å². The molecule has 0 saturated heterocycles. The van der Waals surface area contributed by atoms with Crippen LogP contribution >= 0.6 is 0 Å². The Morgan fingerprint density at radius 1 is 1.40 bits per heavy atom. The Labute approximate surface area is 116 Å². The smallest absolute Gasteiger partial charge is 0.184 e. The van der Waals surface area contributed by atoms with Gasteiger partial charge in [0.15, 0.2) is 5.82 Å². The van der Waals surface area contributed by atoms with Crippen LogP contribution in [0.25, 0.3) is 11.4 Å². The minimum absolute atomic E-state index is 0.309. The van der Waals surface area contributed by atoms with Crippen molar-refractivity contribution in [2.75, 3.05) is 18.9 Å². The molecule has 2 aromatic rings. The number of ether oxygens (including phenoxy) is 1. The van der Waals surface area contributed by atoms with Crippen molar-refractivity contribution < 1.29 is 9.13 Å². The topological polar surface area (TPSA) is 78.8 Å². The van der Waals surface area contributed by atoms with E-state index in [1.54, 1.807) is 10.7 Å². The number of aromatic nitrogens is 4. The zero-order valence-corrected chi connectivity index (χ0v) is 11.6. The summed E-state index contributed by atoms with van der Waals surface area (Å²) >= 11 is 0. The predicted octanol–water partition coefficient (Wildman–Crippen LogP) is 1.73. The fourth-order valence-corrected chi connectivity index (χ4v) is 1.76. The SMILES string of the molecule is CC(C)COCCn1nnnc1-c1ccc(F)cc1N. The van der Waals surface area contributed by atoms with E-state index >= 15 is 0 Å². The predicted molar refractivity (Wildman–Crippen MR) is 73.3 cm³/mol. The van der Waals surface area contributed by atoms with Gasteiger partial charge in [0, 0.05) is 17.9 Å². The van der Waals surface area contributed by atoms with Crippen molar-refractivity contribution >= 4 is 5.69 Å². The molecule has 0 amide bonds. The lowest BCUT2D eigenvalue weighted by Gasteiger charge is -2.09. The van der Waals surface area contributed by atoms with Gasteiger partial charge in [-0.25, -0.2) is 9.07 Å². The van der Waals surface area contributed by atoms with E-state index in [1.165, 1.54) is 12.1 Å². The lowest BCUT2D eigenvalue weighted by molar-refractivity contribution is 0.101. The number of anilines is 1. The number of hydrogen-bond acceptors (Lipinski definition) is 5. The van der Waals surface area contributed by atoms with Crippen LogP contribution in [0.3, 0.4) is 0 Å². The quantitative estimate of drug-likeness (QED) is 0.643. The molecule has 0 atom stereocenters. The summed E-state index contributed by atoms with van der Waals surface area (Å²) in [4.78, 5) is 0. The molecule has 0 fully saturated rings. The van der Waals surface area contributed by atoms with Gasteiger partial charge in [-0.1, -0.05) is 13.8 Å². The van der Waals surface area contributed by atoms with E-state index in [0.717, 1.165) is 0 Å². The third kappa shape index (κ3) is 3.51. The molecule has 1 aromatic heterocycles. The van der Waals surface area contributed by atoms with E-state index < -0.39 is 0 Å². The molecule has 0 saturated carbocycles. The third-order valence-electron chi connectivity index (χ3n) is 2.69. The second-order valence-corrected chi connectivity index (χ2v) is 4.93. The fourth-order valence-electron chi connectivity index (χ4n) is 1.76. The van der Waals surface area contributed by atoms with Crippen LogP contribution in [-0.4, -0.2) is 33.4 Å². The molecule has 1 heterocycles. The van der Waals surface area contributed by atoms with Crippen molar-refractivity contribution in [2.24, 2.45) is 5.92 Å². The van der Waals surface area contributed by atoms with E-state index in [0.29, 0.717) is 42.8 Å². The van der Waals surface area contributed by atoms with Gasteiger partial charge in [-0.05, 0) is 34.5 Å². The molecule has 7 heteroatoms. The van der Waals surface area contributed by atoms with E-state index in [9.17, 15) is 4.39 Å². The molecular formula is C13H18FN5O. The molecule has 0 bridgehead atoms. The Kier molecular flexibility index (Phi) is 4.62. The fraction of sp³-hybridized carbons (Fsp3) is 0.462. The lowest BCUT2D eigenvalue weighted by atomic mass is 10.1. The molecule has 0 radical (unpaired) electrons. The molecule has 0 aliphatic rings. The Balaban J connectivity index is 2.08. The van der Waals surface area contributed by atoms with E-state index in [2.05, 4.69) is 29.4 Å². The highest BCUT2D eigenvalue weighted by molar-refractivity contribution is 5.71. The average Bonchev–Trinajstić information content (AvgIpc) is 2.82. The van der Waals surface area contributed by atoms with Gasteiger partial charge in [-0.2, -0.15) is 0 Å². The highest BCUT2D eigenvalue weighted by Crippen LogP contribution is 2.23. The minimum atomic E-state index is -0.384. The molecule has 1 aromatic carbocycles. The van der Waals surface area contributed by atoms with Gasteiger partial charge in [0.1, 0.15) is 5.82 Å². The van der Waals surface area contributed by atoms with Crippen LogP contribution in [0.15, 0.2) is 18.2 Å². The number of rotatable bonds is 6. The van der Waals surface area contributed by atoms with Crippen LogP contribution in [-0.2, 0) is 11.3 Å². The average molecular weight is 279 g/mol. The van der Waals surface area contributed by atoms with Crippen molar-refractivity contribution in [3.8, 4) is 11.4 Å². The van der Waals surface area contributed by atoms with Gasteiger partial charge in [-0.15, -0.1) is 5.10 Å². The summed E-state index contributed by atoms with van der Waals surface area (Å²) in [7, 11) is 0. The number of nitrogen functional groups attached to an aromatic ring is 1. The Bertz CT molecular complexity index is 570. The Morgan fingerprint density at radius 3 is 2.90 bits per heavy atom. The second kappa shape index (κ2) is 6.42. The number of benzene rings is 1. The molecule has 2 rings (SSSR count). The molecule has 0 unspecified atom stereocenters. The van der Waals surface area contributed by atoms with Crippen molar-refractivity contribution in [1.29, 1.82) is 0 Å². The lowest BCUT2D eigenvalue weighted by Crippen LogP contribution is -2.12. The van der Waals surface area contributed by atoms with Gasteiger partial charge in [0.25, 0.3) is 0 Å². The number of nitrogens with zero attached hydrogens (tertiary/aromatic N) is 4. The monoisotopic (exact) mass is 279 g/mol. The van der Waals surface area contributed by atoms with Crippen LogP contribution in [0.4, 0.5) is 10.1 Å². The van der Waals surface area contributed by atoms with Crippen LogP contribution in [0.1, 0.15) is 13.8 Å². The van der Waals surface area contributed by atoms with E-state index in [4.69, 9.17) is 10.5 Å². The first-order valence-corrected chi connectivity index (χ1v) is 6.47. The summed E-state index contributed by atoms with van der Waals surface area (Å²) in [5.74, 6) is 0.609. The summed E-state index contributed by atoms with van der Waals surface area (Å²) in [5, 5.41) is 11.5. The van der Waals surface area contributed by atoms with Gasteiger partial charge in [0.2, 0.25) is 0 Å². The van der Waals surface area contributed by atoms with Crippen molar-refractivity contribution in [3.63, 3.8) is 0 Å². The summed E-state index contributed by atoms with van der Waals surface area (Å²) in [6, 6.07) is 4.16. The van der Waals surface area contributed by atoms with Crippen molar-refractivity contribution in [1.82, 2.24) is 20.2 Å². The molecule has 6 nitrogen and oxygen atoms in total. The highest BCUT2D eigenvalue weighted by Gasteiger charge is 2.12. The molecule has 20 heavy (non-hydrogen) atoms. The molecule has 0 aliphatic heterocycles. The molecule has 2 N–H and O–H groups in total. The van der Waals surface area contributed by atoms with Crippen LogP contribution in [0.5, 0.6) is 0 Å². The normalized spacial score (nSPS) is 11.2. The van der Waals surface area contributed by atoms with Gasteiger partial charge in [-0.3, -0.25) is 0 Å². The van der Waals surface area contributed by atoms with Crippen LogP contribution < -0.4 is 5.73 Å². The zero-order valence-electron chi connectivity index (χ0n) is 11.6. The van der Waals surface area contributed by atoms with Crippen LogP contribution in [0, 0.1) is 11.7 Å². The highest BCUT2D eigenvalue weighted by atomic mass is 19.1. The van der Waals surface area contributed by atoms with Gasteiger partial charge >= 0.3 is 0 Å². The number of nitrogens with two attached hydrogens (primary N) is 1. The first-order valence-electron chi connectivity index (χ1n) is 6.47. The largest absolute Gasteiger partial charge is 0.398 e. The summed E-state index contributed by atoms with van der Waals surface area (Å²) < 4.78 is 20.2. The maximum atomic E-state index is 13.1. The van der Waals surface area contributed by atoms with E-state index in [-0.39, 0.29) is 5.82 Å². The minimum Gasteiger partial charge on any atom is -0.398 e. The Morgan fingerprint density at radius 2 is 2.20 bits per heavy atom. The first-order chi connectivity index (χ1) is 9.58. The maximum absolute atomic E-state index is 13.1. The Hall–Kier alpha value is -2.02. The molecule has 108 valence electrons. The number of hydrogen-bond donors (Lipinski definition) is 1. The maximum Gasteiger partial charge on any atom is 0.184 e. The first kappa shape index (κ1) is 14.4. The number of tetrazole rings is 1. The third-order valence-corrected chi connectivity index (χ3v) is 2.69. The summed E-state index contributed by atoms with van der Waals surface area (Å²) in [6.45, 7) is 5.89. The standard InChI is InChI=1S/C13H18FN5O/c1-9(2)8-20-6-5-19-13(16-17-18-19)11-4-3-10(14)7-12(11)15/h3-4,7,9H,5-6,8,15H2,1-2H3. The zero-order chi connectivity index (χ0) is 14.5. The van der Waals surface area contributed by atoms with Gasteiger partial charge < -0.3 is 10.5 Å². The second-order valence-electron chi connectivity index (χ2n) is 4.93. The summed E-state index contributed by atoms with van der Waals surface area (Å²) in [5.41, 5.74) is 6.72. The van der Waals surface area contributed by atoms with Gasteiger partial charge in [0.05, 0.1) is 13.2 Å². The summed E-state index contributed by atoms with van der Waals surface area (Å²) in [6.07, 6.45) is 0. The molecule has 0 spiro atoms. The van der Waals surface area contributed by atoms with E-state index in [1.807, 2.05) is 0 Å².